The van der Waals surface area contributed by atoms with Gasteiger partial charge in [0.1, 0.15) is 0 Å². The van der Waals surface area contributed by atoms with E-state index in [9.17, 15) is 4.79 Å². The Balaban J connectivity index is 1.74. The van der Waals surface area contributed by atoms with E-state index in [4.69, 9.17) is 44.9 Å². The third kappa shape index (κ3) is 5.66. The molecule has 1 amide bonds. The van der Waals surface area contributed by atoms with Crippen molar-refractivity contribution >= 4 is 46.4 Å². The fourth-order valence-corrected chi connectivity index (χ4v) is 2.72. The number of hydrazine groups is 1. The van der Waals surface area contributed by atoms with Crippen LogP contribution in [0, 0.1) is 0 Å². The molecule has 2 atom stereocenters. The second-order valence-corrected chi connectivity index (χ2v) is 6.49. The number of carbonyl (C=O) groups excluding carboxylic acids is 1. The van der Waals surface area contributed by atoms with Crippen molar-refractivity contribution in [2.75, 3.05) is 13.2 Å². The van der Waals surface area contributed by atoms with Crippen molar-refractivity contribution in [3.63, 3.8) is 0 Å². The van der Waals surface area contributed by atoms with Crippen molar-refractivity contribution in [3.8, 4) is 5.75 Å². The lowest BCUT2D eigenvalue weighted by atomic mass is 10.2. The van der Waals surface area contributed by atoms with E-state index in [1.165, 1.54) is 0 Å². The molecule has 1 aromatic carbocycles. The topological polar surface area (TPSA) is 71.6 Å². The van der Waals surface area contributed by atoms with Gasteiger partial charge in [-0.2, -0.15) is 0 Å². The number of thiocarbonyl (C=S) groups is 1. The highest BCUT2D eigenvalue weighted by Crippen LogP contribution is 2.33. The van der Waals surface area contributed by atoms with E-state index >= 15 is 0 Å². The maximum atomic E-state index is 12.0. The Hall–Kier alpha value is -1.28. The predicted octanol–water partition coefficient (Wildman–Crippen LogP) is 2.43. The van der Waals surface area contributed by atoms with Gasteiger partial charge in [0, 0.05) is 13.2 Å². The van der Waals surface area contributed by atoms with Gasteiger partial charge in [0.15, 0.2) is 17.0 Å². The van der Waals surface area contributed by atoms with Gasteiger partial charge in [0.2, 0.25) is 0 Å². The fourth-order valence-electron chi connectivity index (χ4n) is 2.10. The molecule has 0 aromatic heterocycles. The van der Waals surface area contributed by atoms with Gasteiger partial charge in [-0.25, -0.2) is 0 Å². The van der Waals surface area contributed by atoms with Crippen molar-refractivity contribution in [2.24, 2.45) is 0 Å². The summed E-state index contributed by atoms with van der Waals surface area (Å²) in [6.45, 7) is 2.96. The van der Waals surface area contributed by atoms with Crippen LogP contribution in [0.1, 0.15) is 19.8 Å². The molecule has 1 saturated heterocycles. The van der Waals surface area contributed by atoms with Gasteiger partial charge < -0.3 is 14.8 Å². The van der Waals surface area contributed by atoms with E-state index in [0.717, 1.165) is 19.4 Å². The molecule has 132 valence electrons. The standard InChI is InChI=1S/C15H19Cl2N3O3S/c1-9(23-13-11(16)5-2-6-12(13)17)14(21)19-20-15(24)18-8-10-4-3-7-22-10/h2,5-6,9-10H,3-4,7-8H2,1H3,(H,19,21)(H2,18,20,24)/t9-,10-/m1/s1. The van der Waals surface area contributed by atoms with Gasteiger partial charge in [0.25, 0.3) is 5.91 Å². The molecule has 0 aliphatic carbocycles. The zero-order chi connectivity index (χ0) is 17.5. The molecule has 1 aromatic rings. The van der Waals surface area contributed by atoms with Gasteiger partial charge in [-0.1, -0.05) is 29.3 Å². The molecule has 3 N–H and O–H groups in total. The summed E-state index contributed by atoms with van der Waals surface area (Å²) >= 11 is 17.1. The van der Waals surface area contributed by atoms with Crippen LogP contribution in [0.15, 0.2) is 18.2 Å². The second kappa shape index (κ2) is 9.27. The lowest BCUT2D eigenvalue weighted by Crippen LogP contribution is -2.51. The molecule has 1 aliphatic heterocycles. The van der Waals surface area contributed by atoms with Crippen LogP contribution < -0.4 is 20.9 Å². The summed E-state index contributed by atoms with van der Waals surface area (Å²) in [6.07, 6.45) is 1.41. The van der Waals surface area contributed by atoms with E-state index in [1.807, 2.05) is 0 Å². The molecule has 1 aliphatic rings. The number of hydrogen-bond acceptors (Lipinski definition) is 4. The number of hydrogen-bond donors (Lipinski definition) is 3. The Kier molecular flexibility index (Phi) is 7.36. The SMILES string of the molecule is C[C@@H](Oc1c(Cl)cccc1Cl)C(=O)NNC(=S)NC[C@H]1CCCO1. The smallest absolute Gasteiger partial charge is 0.279 e. The summed E-state index contributed by atoms with van der Waals surface area (Å²) in [6, 6.07) is 4.97. The first-order valence-electron chi connectivity index (χ1n) is 7.53. The van der Waals surface area contributed by atoms with Crippen LogP contribution in [0.3, 0.4) is 0 Å². The maximum absolute atomic E-state index is 12.0. The molecule has 2 rings (SSSR count). The zero-order valence-electron chi connectivity index (χ0n) is 13.1. The normalized spacial score (nSPS) is 17.9. The summed E-state index contributed by atoms with van der Waals surface area (Å²) in [7, 11) is 0. The molecular formula is C15H19Cl2N3O3S. The maximum Gasteiger partial charge on any atom is 0.279 e. The van der Waals surface area contributed by atoms with Gasteiger partial charge in [-0.05, 0) is 44.1 Å². The van der Waals surface area contributed by atoms with Crippen molar-refractivity contribution in [1.29, 1.82) is 0 Å². The van der Waals surface area contributed by atoms with E-state index in [0.29, 0.717) is 21.7 Å². The van der Waals surface area contributed by atoms with Crippen molar-refractivity contribution in [3.05, 3.63) is 28.2 Å². The Morgan fingerprint density at radius 1 is 1.42 bits per heavy atom. The Bertz CT molecular complexity index is 577. The van der Waals surface area contributed by atoms with Crippen LogP contribution in [0.5, 0.6) is 5.75 Å². The molecule has 0 spiro atoms. The van der Waals surface area contributed by atoms with E-state index in [-0.39, 0.29) is 11.9 Å². The van der Waals surface area contributed by atoms with Crippen LogP contribution in [0.4, 0.5) is 0 Å². The van der Waals surface area contributed by atoms with Crippen molar-refractivity contribution in [2.45, 2.75) is 32.0 Å². The molecule has 6 nitrogen and oxygen atoms in total. The van der Waals surface area contributed by atoms with Gasteiger partial charge >= 0.3 is 0 Å². The highest BCUT2D eigenvalue weighted by Gasteiger charge is 2.19. The number of para-hydroxylation sites is 1. The molecule has 1 fully saturated rings. The Morgan fingerprint density at radius 2 is 2.12 bits per heavy atom. The number of amides is 1. The highest BCUT2D eigenvalue weighted by molar-refractivity contribution is 7.80. The van der Waals surface area contributed by atoms with E-state index < -0.39 is 12.0 Å². The average molecular weight is 392 g/mol. The summed E-state index contributed by atoms with van der Waals surface area (Å²) in [5, 5.41) is 3.97. The monoisotopic (exact) mass is 391 g/mol. The lowest BCUT2D eigenvalue weighted by molar-refractivity contribution is -0.127. The summed E-state index contributed by atoms with van der Waals surface area (Å²) in [5.74, 6) is -0.144. The van der Waals surface area contributed by atoms with E-state index in [1.54, 1.807) is 25.1 Å². The molecule has 0 unspecified atom stereocenters. The number of ether oxygens (including phenoxy) is 2. The summed E-state index contributed by atoms with van der Waals surface area (Å²) < 4.78 is 11.0. The van der Waals surface area contributed by atoms with Crippen LogP contribution in [-0.2, 0) is 9.53 Å². The average Bonchev–Trinajstić information content (AvgIpc) is 3.07. The molecule has 0 saturated carbocycles. The van der Waals surface area contributed by atoms with Gasteiger partial charge in [-0.15, -0.1) is 0 Å². The molecule has 9 heteroatoms. The van der Waals surface area contributed by atoms with Gasteiger partial charge in [-0.3, -0.25) is 15.6 Å². The largest absolute Gasteiger partial charge is 0.478 e. The number of carbonyl (C=O) groups is 1. The predicted molar refractivity (Wildman–Crippen MR) is 97.4 cm³/mol. The Labute approximate surface area is 156 Å². The van der Waals surface area contributed by atoms with Crippen LogP contribution in [0.25, 0.3) is 0 Å². The number of halogens is 2. The third-order valence-corrected chi connectivity index (χ3v) is 4.24. The number of benzene rings is 1. The van der Waals surface area contributed by atoms with Crippen LogP contribution >= 0.6 is 35.4 Å². The van der Waals surface area contributed by atoms with Gasteiger partial charge in [0.05, 0.1) is 16.1 Å². The van der Waals surface area contributed by atoms with Crippen LogP contribution in [0.2, 0.25) is 10.0 Å². The highest BCUT2D eigenvalue weighted by atomic mass is 35.5. The quantitative estimate of drug-likeness (QED) is 0.528. The minimum absolute atomic E-state index is 0.157. The lowest BCUT2D eigenvalue weighted by Gasteiger charge is -2.18. The third-order valence-electron chi connectivity index (χ3n) is 3.40. The molecule has 24 heavy (non-hydrogen) atoms. The molecule has 0 bridgehead atoms. The van der Waals surface area contributed by atoms with E-state index in [2.05, 4.69) is 16.2 Å². The Morgan fingerprint density at radius 3 is 2.75 bits per heavy atom. The van der Waals surface area contributed by atoms with Crippen LogP contribution in [-0.4, -0.2) is 36.4 Å². The van der Waals surface area contributed by atoms with Crippen molar-refractivity contribution in [1.82, 2.24) is 16.2 Å². The fraction of sp³-hybridized carbons (Fsp3) is 0.467. The summed E-state index contributed by atoms with van der Waals surface area (Å²) in [4.78, 5) is 12.0. The first kappa shape index (κ1) is 19.1. The molecular weight excluding hydrogens is 373 g/mol. The van der Waals surface area contributed by atoms with Crippen molar-refractivity contribution < 1.29 is 14.3 Å². The zero-order valence-corrected chi connectivity index (χ0v) is 15.4. The minimum atomic E-state index is -0.809. The number of nitrogens with one attached hydrogen (secondary N) is 3. The molecule has 1 heterocycles. The number of rotatable bonds is 5. The summed E-state index contributed by atoms with van der Waals surface area (Å²) in [5.41, 5.74) is 5.09. The minimum Gasteiger partial charge on any atom is -0.478 e. The first-order valence-corrected chi connectivity index (χ1v) is 8.69. The second-order valence-electron chi connectivity index (χ2n) is 5.27. The first-order chi connectivity index (χ1) is 11.5. The molecule has 0 radical (unpaired) electrons.